The van der Waals surface area contributed by atoms with Gasteiger partial charge in [-0.3, -0.25) is 0 Å². The van der Waals surface area contributed by atoms with E-state index < -0.39 is 0 Å². The molecule has 1 heterocycles. The van der Waals surface area contributed by atoms with Crippen molar-refractivity contribution in [1.29, 1.82) is 0 Å². The SMILES string of the molecule is CC(C)Cc1ccc2sc3cc4ccccc4cc3c2c1. The van der Waals surface area contributed by atoms with Gasteiger partial charge in [0.05, 0.1) is 0 Å². The van der Waals surface area contributed by atoms with Crippen LogP contribution in [0.25, 0.3) is 30.9 Å². The quantitative estimate of drug-likeness (QED) is 0.400. The number of fused-ring (bicyclic) bond motifs is 4. The largest absolute Gasteiger partial charge is 0.135 e. The van der Waals surface area contributed by atoms with E-state index in [2.05, 4.69) is 68.4 Å². The molecule has 0 aliphatic rings. The molecule has 0 N–H and O–H groups in total. The molecule has 1 heteroatoms. The van der Waals surface area contributed by atoms with Gasteiger partial charge in [0, 0.05) is 20.2 Å². The normalized spacial score (nSPS) is 12.0. The number of hydrogen-bond acceptors (Lipinski definition) is 1. The summed E-state index contributed by atoms with van der Waals surface area (Å²) in [6.07, 6.45) is 1.15. The van der Waals surface area contributed by atoms with Crippen LogP contribution >= 0.6 is 11.3 Å². The first-order chi connectivity index (χ1) is 10.2. The van der Waals surface area contributed by atoms with E-state index in [0.717, 1.165) is 6.42 Å². The number of thiophene rings is 1. The Morgan fingerprint density at radius 1 is 0.810 bits per heavy atom. The summed E-state index contributed by atoms with van der Waals surface area (Å²) in [5.74, 6) is 0.702. The van der Waals surface area contributed by atoms with Crippen molar-refractivity contribution in [2.75, 3.05) is 0 Å². The fourth-order valence-corrected chi connectivity index (χ4v) is 4.22. The Morgan fingerprint density at radius 2 is 1.52 bits per heavy atom. The van der Waals surface area contributed by atoms with Crippen LogP contribution in [0.15, 0.2) is 54.6 Å². The summed E-state index contributed by atoms with van der Waals surface area (Å²) in [6.45, 7) is 4.56. The van der Waals surface area contributed by atoms with Crippen molar-refractivity contribution < 1.29 is 0 Å². The van der Waals surface area contributed by atoms with Gasteiger partial charge < -0.3 is 0 Å². The highest BCUT2D eigenvalue weighted by Crippen LogP contribution is 2.37. The van der Waals surface area contributed by atoms with Gasteiger partial charge in [0.2, 0.25) is 0 Å². The van der Waals surface area contributed by atoms with Gasteiger partial charge in [0.1, 0.15) is 0 Å². The zero-order chi connectivity index (χ0) is 14.4. The molecule has 0 unspecified atom stereocenters. The van der Waals surface area contributed by atoms with Crippen LogP contribution in [-0.4, -0.2) is 0 Å². The maximum atomic E-state index is 2.39. The molecule has 4 rings (SSSR count). The van der Waals surface area contributed by atoms with Crippen molar-refractivity contribution in [2.45, 2.75) is 20.3 Å². The van der Waals surface area contributed by atoms with Crippen LogP contribution in [0.3, 0.4) is 0 Å². The van der Waals surface area contributed by atoms with Crippen molar-refractivity contribution in [3.05, 3.63) is 60.2 Å². The minimum atomic E-state index is 0.702. The Kier molecular flexibility index (Phi) is 2.97. The molecule has 0 atom stereocenters. The Balaban J connectivity index is 2.01. The van der Waals surface area contributed by atoms with Gasteiger partial charge in [-0.15, -0.1) is 11.3 Å². The van der Waals surface area contributed by atoms with E-state index in [-0.39, 0.29) is 0 Å². The molecule has 21 heavy (non-hydrogen) atoms. The fraction of sp³-hybridized carbons (Fsp3) is 0.200. The first-order valence-electron chi connectivity index (χ1n) is 7.54. The predicted octanol–water partition coefficient (Wildman–Crippen LogP) is 6.41. The summed E-state index contributed by atoms with van der Waals surface area (Å²) >= 11 is 1.90. The molecule has 0 radical (unpaired) electrons. The summed E-state index contributed by atoms with van der Waals surface area (Å²) in [5, 5.41) is 5.48. The first-order valence-corrected chi connectivity index (χ1v) is 8.36. The fourth-order valence-electron chi connectivity index (χ4n) is 3.11. The summed E-state index contributed by atoms with van der Waals surface area (Å²) in [4.78, 5) is 0. The van der Waals surface area contributed by atoms with Gasteiger partial charge in [-0.2, -0.15) is 0 Å². The van der Waals surface area contributed by atoms with Crippen molar-refractivity contribution in [2.24, 2.45) is 5.92 Å². The number of rotatable bonds is 2. The minimum Gasteiger partial charge on any atom is -0.135 e. The lowest BCUT2D eigenvalue weighted by molar-refractivity contribution is 0.648. The van der Waals surface area contributed by atoms with Crippen LogP contribution in [0.5, 0.6) is 0 Å². The van der Waals surface area contributed by atoms with E-state index in [9.17, 15) is 0 Å². The lowest BCUT2D eigenvalue weighted by Gasteiger charge is -2.05. The Bertz CT molecular complexity index is 944. The van der Waals surface area contributed by atoms with Crippen LogP contribution < -0.4 is 0 Å². The minimum absolute atomic E-state index is 0.702. The topological polar surface area (TPSA) is 0 Å². The first kappa shape index (κ1) is 12.8. The maximum absolute atomic E-state index is 2.39. The molecule has 4 aromatic rings. The molecule has 0 saturated carbocycles. The van der Waals surface area contributed by atoms with E-state index in [1.54, 1.807) is 0 Å². The molecule has 0 bridgehead atoms. The molecule has 0 saturated heterocycles. The Morgan fingerprint density at radius 3 is 2.29 bits per heavy atom. The van der Waals surface area contributed by atoms with Crippen molar-refractivity contribution in [1.82, 2.24) is 0 Å². The van der Waals surface area contributed by atoms with Crippen LogP contribution in [0.4, 0.5) is 0 Å². The maximum Gasteiger partial charge on any atom is 0.0361 e. The second kappa shape index (κ2) is 4.85. The monoisotopic (exact) mass is 290 g/mol. The van der Waals surface area contributed by atoms with Crippen LogP contribution in [0, 0.1) is 5.92 Å². The van der Waals surface area contributed by atoms with Gasteiger partial charge in [-0.1, -0.05) is 44.2 Å². The van der Waals surface area contributed by atoms with Crippen molar-refractivity contribution in [3.8, 4) is 0 Å². The summed E-state index contributed by atoms with van der Waals surface area (Å²) in [5.41, 5.74) is 1.45. The van der Waals surface area contributed by atoms with Crippen LogP contribution in [0.1, 0.15) is 19.4 Å². The third kappa shape index (κ3) is 2.22. The Labute approximate surface area is 129 Å². The van der Waals surface area contributed by atoms with Gasteiger partial charge in [-0.05, 0) is 52.9 Å². The molecule has 3 aromatic carbocycles. The lowest BCUT2D eigenvalue weighted by Crippen LogP contribution is -1.92. The lowest BCUT2D eigenvalue weighted by atomic mass is 10.00. The molecule has 0 aliphatic carbocycles. The third-order valence-electron chi connectivity index (χ3n) is 4.05. The molecular weight excluding hydrogens is 272 g/mol. The standard InChI is InChI=1S/C20H18S/c1-13(2)9-14-7-8-19-17(10-14)18-11-15-5-3-4-6-16(15)12-20(18)21-19/h3-8,10-13H,9H2,1-2H3. The van der Waals surface area contributed by atoms with E-state index in [1.807, 2.05) is 11.3 Å². The third-order valence-corrected chi connectivity index (χ3v) is 5.18. The second-order valence-corrected chi connectivity index (χ2v) is 7.31. The smallest absolute Gasteiger partial charge is 0.0361 e. The van der Waals surface area contributed by atoms with Gasteiger partial charge >= 0.3 is 0 Å². The van der Waals surface area contributed by atoms with E-state index in [1.165, 1.54) is 36.5 Å². The predicted molar refractivity (Wildman–Crippen MR) is 95.4 cm³/mol. The molecule has 104 valence electrons. The molecular formula is C20H18S. The van der Waals surface area contributed by atoms with Crippen molar-refractivity contribution >= 4 is 42.3 Å². The summed E-state index contributed by atoms with van der Waals surface area (Å²) in [6, 6.07) is 20.3. The van der Waals surface area contributed by atoms with E-state index in [4.69, 9.17) is 0 Å². The van der Waals surface area contributed by atoms with Crippen LogP contribution in [0.2, 0.25) is 0 Å². The molecule has 1 aromatic heterocycles. The highest BCUT2D eigenvalue weighted by molar-refractivity contribution is 7.25. The molecule has 0 fully saturated rings. The molecule has 0 aliphatic heterocycles. The zero-order valence-electron chi connectivity index (χ0n) is 12.4. The van der Waals surface area contributed by atoms with Crippen LogP contribution in [-0.2, 0) is 6.42 Å². The van der Waals surface area contributed by atoms with Gasteiger partial charge in [-0.25, -0.2) is 0 Å². The second-order valence-electron chi connectivity index (χ2n) is 6.23. The summed E-state index contributed by atoms with van der Waals surface area (Å²) in [7, 11) is 0. The number of hydrogen-bond donors (Lipinski definition) is 0. The number of benzene rings is 3. The molecule has 0 spiro atoms. The average Bonchev–Trinajstić information content (AvgIpc) is 2.81. The summed E-state index contributed by atoms with van der Waals surface area (Å²) < 4.78 is 2.79. The molecule has 0 amide bonds. The highest BCUT2D eigenvalue weighted by Gasteiger charge is 2.08. The van der Waals surface area contributed by atoms with Gasteiger partial charge in [0.25, 0.3) is 0 Å². The highest BCUT2D eigenvalue weighted by atomic mass is 32.1. The molecule has 0 nitrogen and oxygen atoms in total. The van der Waals surface area contributed by atoms with Gasteiger partial charge in [0.15, 0.2) is 0 Å². The Hall–Kier alpha value is -1.86. The van der Waals surface area contributed by atoms with E-state index in [0.29, 0.717) is 5.92 Å². The van der Waals surface area contributed by atoms with Crippen molar-refractivity contribution in [3.63, 3.8) is 0 Å². The average molecular weight is 290 g/mol. The van der Waals surface area contributed by atoms with E-state index >= 15 is 0 Å². The zero-order valence-corrected chi connectivity index (χ0v) is 13.2.